The van der Waals surface area contributed by atoms with Crippen molar-refractivity contribution in [3.8, 4) is 11.8 Å². The van der Waals surface area contributed by atoms with Crippen LogP contribution in [0.15, 0.2) is 18.2 Å². The first-order chi connectivity index (χ1) is 9.52. The van der Waals surface area contributed by atoms with Crippen molar-refractivity contribution < 1.29 is 0 Å². The highest BCUT2D eigenvalue weighted by molar-refractivity contribution is 7.71. The van der Waals surface area contributed by atoms with Gasteiger partial charge in [-0.05, 0) is 37.3 Å². The summed E-state index contributed by atoms with van der Waals surface area (Å²) >= 11 is 11.6. The molecule has 0 saturated heterocycles. The summed E-state index contributed by atoms with van der Waals surface area (Å²) in [5, 5.41) is 13.9. The molecule has 1 aromatic carbocycles. The van der Waals surface area contributed by atoms with Gasteiger partial charge in [0.05, 0.1) is 28.0 Å². The average Bonchev–Trinajstić information content (AvgIpc) is 2.89. The van der Waals surface area contributed by atoms with Crippen LogP contribution in [0.2, 0.25) is 5.02 Å². The number of hydrogen-bond donors (Lipinski definition) is 1. The van der Waals surface area contributed by atoms with Gasteiger partial charge in [0.2, 0.25) is 0 Å². The molecule has 0 radical (unpaired) electrons. The Hall–Kier alpha value is -2.10. The molecular weight excluding hydrogens is 294 g/mol. The fourth-order valence-corrected chi connectivity index (χ4v) is 2.77. The Morgan fingerprint density at radius 1 is 1.45 bits per heavy atom. The molecule has 0 aliphatic rings. The van der Waals surface area contributed by atoms with Gasteiger partial charge in [-0.25, -0.2) is 4.68 Å². The van der Waals surface area contributed by atoms with Crippen molar-refractivity contribution in [1.29, 1.82) is 5.26 Å². The molecule has 2 aromatic heterocycles. The molecule has 0 aliphatic carbocycles. The fraction of sp³-hybridized carbons (Fsp3) is 0.154. The molecule has 7 heteroatoms. The zero-order valence-electron chi connectivity index (χ0n) is 10.8. The second-order valence-corrected chi connectivity index (χ2v) is 5.25. The van der Waals surface area contributed by atoms with Crippen molar-refractivity contribution in [1.82, 2.24) is 19.3 Å². The van der Waals surface area contributed by atoms with Gasteiger partial charge in [0.15, 0.2) is 10.4 Å². The van der Waals surface area contributed by atoms with Gasteiger partial charge in [-0.1, -0.05) is 11.6 Å². The number of hydrogen-bond acceptors (Lipinski definition) is 3. The highest BCUT2D eigenvalue weighted by Gasteiger charge is 2.16. The topological polar surface area (TPSA) is 62.3 Å². The molecule has 100 valence electrons. The largest absolute Gasteiger partial charge is 0.327 e. The summed E-state index contributed by atoms with van der Waals surface area (Å²) in [5.41, 5.74) is 3.75. The van der Waals surface area contributed by atoms with Crippen LogP contribution in [0.3, 0.4) is 0 Å². The minimum atomic E-state index is 0.521. The molecule has 0 amide bonds. The van der Waals surface area contributed by atoms with Crippen LogP contribution < -0.4 is 0 Å². The van der Waals surface area contributed by atoms with Crippen LogP contribution in [-0.4, -0.2) is 19.3 Å². The maximum Gasteiger partial charge on any atom is 0.184 e. The first kappa shape index (κ1) is 12.9. The molecule has 0 spiro atoms. The van der Waals surface area contributed by atoms with E-state index in [1.807, 2.05) is 14.0 Å². The number of aromatic amines is 1. The first-order valence-corrected chi connectivity index (χ1v) is 6.66. The summed E-state index contributed by atoms with van der Waals surface area (Å²) in [5.74, 6) is 0. The summed E-state index contributed by atoms with van der Waals surface area (Å²) in [4.78, 5) is 3.13. The zero-order chi connectivity index (χ0) is 14.4. The van der Waals surface area contributed by atoms with Crippen molar-refractivity contribution in [3.05, 3.63) is 39.3 Å². The van der Waals surface area contributed by atoms with Gasteiger partial charge in [0.25, 0.3) is 0 Å². The Balaban J connectivity index is 2.44. The minimum Gasteiger partial charge on any atom is -0.327 e. The van der Waals surface area contributed by atoms with Crippen molar-refractivity contribution in [2.75, 3.05) is 0 Å². The number of fused-ring (bicyclic) bond motifs is 1. The second kappa shape index (κ2) is 4.47. The van der Waals surface area contributed by atoms with Gasteiger partial charge < -0.3 is 4.98 Å². The Kier molecular flexibility index (Phi) is 2.89. The van der Waals surface area contributed by atoms with Crippen LogP contribution in [0.25, 0.3) is 16.9 Å². The maximum absolute atomic E-state index is 9.04. The summed E-state index contributed by atoms with van der Waals surface area (Å²) in [6.45, 7) is 1.91. The van der Waals surface area contributed by atoms with E-state index in [1.165, 1.54) is 0 Å². The molecule has 0 atom stereocenters. The van der Waals surface area contributed by atoms with Crippen molar-refractivity contribution >= 4 is 35.0 Å². The van der Waals surface area contributed by atoms with E-state index in [4.69, 9.17) is 29.1 Å². The summed E-state index contributed by atoms with van der Waals surface area (Å²) < 4.78 is 4.06. The molecule has 0 aliphatic heterocycles. The molecule has 0 unspecified atom stereocenters. The number of aromatic nitrogens is 4. The third-order valence-corrected chi connectivity index (χ3v) is 3.76. The Labute approximate surface area is 125 Å². The first-order valence-electron chi connectivity index (χ1n) is 5.87. The Morgan fingerprint density at radius 2 is 2.20 bits per heavy atom. The summed E-state index contributed by atoms with van der Waals surface area (Å²) in [6.07, 6.45) is 0. The third kappa shape index (κ3) is 1.75. The lowest BCUT2D eigenvalue weighted by atomic mass is 10.2. The molecule has 0 bridgehead atoms. The molecule has 2 heterocycles. The summed E-state index contributed by atoms with van der Waals surface area (Å²) in [6, 6.07) is 7.19. The van der Waals surface area contributed by atoms with Crippen LogP contribution in [0.4, 0.5) is 0 Å². The number of nitrogens with zero attached hydrogens (tertiary/aromatic N) is 4. The lowest BCUT2D eigenvalue weighted by molar-refractivity contribution is 0.759. The monoisotopic (exact) mass is 303 g/mol. The van der Waals surface area contributed by atoms with Gasteiger partial charge in [0.1, 0.15) is 5.52 Å². The van der Waals surface area contributed by atoms with Gasteiger partial charge in [-0.15, -0.1) is 0 Å². The highest BCUT2D eigenvalue weighted by Crippen LogP contribution is 2.27. The lowest BCUT2D eigenvalue weighted by Crippen LogP contribution is -2.01. The number of halogens is 1. The van der Waals surface area contributed by atoms with E-state index in [0.717, 1.165) is 16.9 Å². The quantitative estimate of drug-likeness (QED) is 0.702. The van der Waals surface area contributed by atoms with Crippen LogP contribution in [-0.2, 0) is 7.05 Å². The highest BCUT2D eigenvalue weighted by atomic mass is 35.5. The van der Waals surface area contributed by atoms with Crippen LogP contribution in [0, 0.1) is 23.0 Å². The van der Waals surface area contributed by atoms with Gasteiger partial charge in [0, 0.05) is 7.05 Å². The van der Waals surface area contributed by atoms with Gasteiger partial charge >= 0.3 is 0 Å². The molecule has 3 aromatic rings. The number of imidazole rings is 1. The van der Waals surface area contributed by atoms with Crippen LogP contribution in [0.1, 0.15) is 11.3 Å². The molecular formula is C13H10ClN5S. The molecule has 0 fully saturated rings. The minimum absolute atomic E-state index is 0.521. The predicted octanol–water partition coefficient (Wildman–Crippen LogP) is 3.26. The fourth-order valence-electron chi connectivity index (χ4n) is 2.28. The molecule has 20 heavy (non-hydrogen) atoms. The van der Waals surface area contributed by atoms with Crippen molar-refractivity contribution in [3.63, 3.8) is 0 Å². The van der Waals surface area contributed by atoms with E-state index >= 15 is 0 Å². The van der Waals surface area contributed by atoms with E-state index in [-0.39, 0.29) is 0 Å². The molecule has 3 rings (SSSR count). The Bertz CT molecular complexity index is 925. The van der Waals surface area contributed by atoms with E-state index < -0.39 is 0 Å². The normalized spacial score (nSPS) is 10.9. The predicted molar refractivity (Wildman–Crippen MR) is 79.7 cm³/mol. The van der Waals surface area contributed by atoms with Crippen LogP contribution >= 0.6 is 23.8 Å². The average molecular weight is 304 g/mol. The third-order valence-electron chi connectivity index (χ3n) is 3.15. The van der Waals surface area contributed by atoms with Crippen LogP contribution in [0.5, 0.6) is 0 Å². The number of rotatable bonds is 1. The van der Waals surface area contributed by atoms with E-state index in [1.54, 1.807) is 27.4 Å². The standard InChI is InChI=1S/C13H10ClN5S/c1-7-11-12(18(2)17-7)19(13(20)16-11)10-5-8(6-15)3-4-9(10)14/h3-5H,1-2H3,(H,16,20). The van der Waals surface area contributed by atoms with E-state index in [2.05, 4.69) is 16.2 Å². The smallest absolute Gasteiger partial charge is 0.184 e. The molecule has 0 saturated carbocycles. The number of nitriles is 1. The van der Waals surface area contributed by atoms with Gasteiger partial charge in [-0.2, -0.15) is 10.4 Å². The Morgan fingerprint density at radius 3 is 2.90 bits per heavy atom. The zero-order valence-corrected chi connectivity index (χ0v) is 12.4. The molecule has 1 N–H and O–H groups in total. The number of aryl methyl sites for hydroxylation is 2. The number of H-pyrrole nitrogens is 1. The number of benzene rings is 1. The van der Waals surface area contributed by atoms with Crippen molar-refractivity contribution in [2.45, 2.75) is 6.92 Å². The van der Waals surface area contributed by atoms with E-state index in [9.17, 15) is 0 Å². The number of nitrogens with one attached hydrogen (secondary N) is 1. The van der Waals surface area contributed by atoms with Crippen molar-refractivity contribution in [2.24, 2.45) is 7.05 Å². The second-order valence-electron chi connectivity index (χ2n) is 4.45. The van der Waals surface area contributed by atoms with Gasteiger partial charge in [-0.3, -0.25) is 4.57 Å². The van der Waals surface area contributed by atoms with E-state index in [0.29, 0.717) is 21.0 Å². The molecule has 5 nitrogen and oxygen atoms in total. The summed E-state index contributed by atoms with van der Waals surface area (Å²) in [7, 11) is 1.84. The SMILES string of the molecule is Cc1nn(C)c2c1[nH]c(=S)n2-c1cc(C#N)ccc1Cl. The maximum atomic E-state index is 9.04. The lowest BCUT2D eigenvalue weighted by Gasteiger charge is -2.07.